The molecule has 17 heavy (non-hydrogen) atoms. The molecular weight excluding hydrogens is 212 g/mol. The standard InChI is InChI=1S/C15H16O2/c1-4-12-6-10-5-11-7-13(9(2)3)17-15(11)8-14(10)16-12/h5-9H,4H2,1-3H3. The summed E-state index contributed by atoms with van der Waals surface area (Å²) in [4.78, 5) is 0. The van der Waals surface area contributed by atoms with Gasteiger partial charge in [-0.1, -0.05) is 20.8 Å². The van der Waals surface area contributed by atoms with Gasteiger partial charge in [-0.2, -0.15) is 0 Å². The molecule has 1 aromatic carbocycles. The second-order valence-corrected chi connectivity index (χ2v) is 4.80. The fourth-order valence-corrected chi connectivity index (χ4v) is 2.11. The number of furan rings is 2. The molecule has 0 bridgehead atoms. The fraction of sp³-hybridized carbons (Fsp3) is 0.333. The zero-order chi connectivity index (χ0) is 12.0. The molecule has 0 saturated carbocycles. The predicted molar refractivity (Wildman–Crippen MR) is 69.5 cm³/mol. The van der Waals surface area contributed by atoms with E-state index < -0.39 is 0 Å². The van der Waals surface area contributed by atoms with Gasteiger partial charge in [0.05, 0.1) is 0 Å². The van der Waals surface area contributed by atoms with Crippen LogP contribution in [0.25, 0.3) is 21.9 Å². The molecule has 0 N–H and O–H groups in total. The predicted octanol–water partition coefficient (Wildman–Crippen LogP) is 4.86. The van der Waals surface area contributed by atoms with Crippen molar-refractivity contribution in [2.45, 2.75) is 33.1 Å². The van der Waals surface area contributed by atoms with Crippen molar-refractivity contribution in [3.8, 4) is 0 Å². The van der Waals surface area contributed by atoms with E-state index in [4.69, 9.17) is 8.83 Å². The van der Waals surface area contributed by atoms with Gasteiger partial charge in [-0.05, 0) is 18.2 Å². The van der Waals surface area contributed by atoms with Crippen LogP contribution in [0.2, 0.25) is 0 Å². The Morgan fingerprint density at radius 3 is 2.35 bits per heavy atom. The average Bonchev–Trinajstić information content (AvgIpc) is 2.87. The molecule has 2 nitrogen and oxygen atoms in total. The molecule has 0 spiro atoms. The highest BCUT2D eigenvalue weighted by atomic mass is 16.3. The zero-order valence-corrected chi connectivity index (χ0v) is 10.4. The SMILES string of the molecule is CCc1cc2cc3cc(C(C)C)oc3cc2o1. The maximum atomic E-state index is 5.82. The number of aryl methyl sites for hydroxylation is 1. The first kappa shape index (κ1) is 10.5. The van der Waals surface area contributed by atoms with Gasteiger partial charge in [0, 0.05) is 29.2 Å². The molecule has 3 aromatic rings. The van der Waals surface area contributed by atoms with Crippen molar-refractivity contribution < 1.29 is 8.83 Å². The van der Waals surface area contributed by atoms with Crippen molar-refractivity contribution in [2.24, 2.45) is 0 Å². The second kappa shape index (κ2) is 3.66. The number of rotatable bonds is 2. The molecule has 2 aromatic heterocycles. The highest BCUT2D eigenvalue weighted by Crippen LogP contribution is 2.30. The second-order valence-electron chi connectivity index (χ2n) is 4.80. The van der Waals surface area contributed by atoms with Crippen molar-refractivity contribution in [1.29, 1.82) is 0 Å². The summed E-state index contributed by atoms with van der Waals surface area (Å²) in [6.07, 6.45) is 0.924. The number of fused-ring (bicyclic) bond motifs is 2. The Labute approximate surface area is 100 Å². The van der Waals surface area contributed by atoms with Gasteiger partial charge in [0.15, 0.2) is 0 Å². The first-order valence-electron chi connectivity index (χ1n) is 6.13. The summed E-state index contributed by atoms with van der Waals surface area (Å²) in [5.41, 5.74) is 1.83. The molecule has 2 heteroatoms. The molecule has 0 radical (unpaired) electrons. The number of hydrogen-bond donors (Lipinski definition) is 0. The highest BCUT2D eigenvalue weighted by Gasteiger charge is 2.10. The van der Waals surface area contributed by atoms with Crippen LogP contribution >= 0.6 is 0 Å². The Morgan fingerprint density at radius 1 is 0.941 bits per heavy atom. The van der Waals surface area contributed by atoms with E-state index in [1.54, 1.807) is 0 Å². The zero-order valence-electron chi connectivity index (χ0n) is 10.4. The molecule has 0 saturated heterocycles. The molecule has 0 aliphatic carbocycles. The third-order valence-corrected chi connectivity index (χ3v) is 3.14. The van der Waals surface area contributed by atoms with Crippen molar-refractivity contribution in [3.63, 3.8) is 0 Å². The molecular formula is C15H16O2. The minimum atomic E-state index is 0.417. The van der Waals surface area contributed by atoms with Crippen molar-refractivity contribution >= 4 is 21.9 Å². The van der Waals surface area contributed by atoms with Gasteiger partial charge in [0.1, 0.15) is 22.7 Å². The Hall–Kier alpha value is -1.70. The van der Waals surface area contributed by atoms with E-state index in [1.807, 2.05) is 6.07 Å². The van der Waals surface area contributed by atoms with Crippen LogP contribution < -0.4 is 0 Å². The van der Waals surface area contributed by atoms with Gasteiger partial charge in [-0.15, -0.1) is 0 Å². The van der Waals surface area contributed by atoms with E-state index >= 15 is 0 Å². The van der Waals surface area contributed by atoms with Gasteiger partial charge in [0.2, 0.25) is 0 Å². The van der Waals surface area contributed by atoms with Gasteiger partial charge in [-0.3, -0.25) is 0 Å². The maximum Gasteiger partial charge on any atom is 0.138 e. The highest BCUT2D eigenvalue weighted by molar-refractivity contribution is 5.93. The third kappa shape index (κ3) is 1.64. The molecule has 0 aliphatic rings. The lowest BCUT2D eigenvalue weighted by Gasteiger charge is -1.95. The average molecular weight is 228 g/mol. The smallest absolute Gasteiger partial charge is 0.138 e. The number of benzene rings is 1. The fourth-order valence-electron chi connectivity index (χ4n) is 2.11. The lowest BCUT2D eigenvalue weighted by Crippen LogP contribution is -1.79. The normalized spacial score (nSPS) is 12.0. The van der Waals surface area contributed by atoms with Crippen LogP contribution in [0.1, 0.15) is 38.2 Å². The lowest BCUT2D eigenvalue weighted by molar-refractivity contribution is 0.520. The summed E-state index contributed by atoms with van der Waals surface area (Å²) in [6.45, 7) is 6.37. The summed E-state index contributed by atoms with van der Waals surface area (Å²) >= 11 is 0. The van der Waals surface area contributed by atoms with Crippen LogP contribution in [0.4, 0.5) is 0 Å². The Bertz CT molecular complexity index is 620. The quantitative estimate of drug-likeness (QED) is 0.625. The van der Waals surface area contributed by atoms with Crippen molar-refractivity contribution in [3.05, 3.63) is 35.8 Å². The minimum absolute atomic E-state index is 0.417. The molecule has 2 heterocycles. The van der Waals surface area contributed by atoms with Crippen LogP contribution in [-0.2, 0) is 6.42 Å². The van der Waals surface area contributed by atoms with Crippen molar-refractivity contribution in [1.82, 2.24) is 0 Å². The van der Waals surface area contributed by atoms with Gasteiger partial charge in [-0.25, -0.2) is 0 Å². The first-order chi connectivity index (χ1) is 8.17. The molecule has 0 unspecified atom stereocenters. The van der Waals surface area contributed by atoms with E-state index in [0.717, 1.165) is 39.9 Å². The van der Waals surface area contributed by atoms with Crippen LogP contribution in [0, 0.1) is 0 Å². The van der Waals surface area contributed by atoms with E-state index in [0.29, 0.717) is 5.92 Å². The largest absolute Gasteiger partial charge is 0.461 e. The minimum Gasteiger partial charge on any atom is -0.461 e. The first-order valence-corrected chi connectivity index (χ1v) is 6.13. The van der Waals surface area contributed by atoms with Crippen LogP contribution in [0.3, 0.4) is 0 Å². The molecule has 0 fully saturated rings. The topological polar surface area (TPSA) is 26.3 Å². The summed E-state index contributed by atoms with van der Waals surface area (Å²) in [6, 6.07) is 8.37. The molecule has 88 valence electrons. The van der Waals surface area contributed by atoms with Crippen LogP contribution in [-0.4, -0.2) is 0 Å². The van der Waals surface area contributed by atoms with Crippen LogP contribution in [0.15, 0.2) is 33.1 Å². The Kier molecular flexibility index (Phi) is 2.25. The molecule has 3 rings (SSSR count). The van der Waals surface area contributed by atoms with Crippen molar-refractivity contribution in [2.75, 3.05) is 0 Å². The summed E-state index contributed by atoms with van der Waals surface area (Å²) < 4.78 is 11.6. The van der Waals surface area contributed by atoms with E-state index in [9.17, 15) is 0 Å². The van der Waals surface area contributed by atoms with Crippen LogP contribution in [0.5, 0.6) is 0 Å². The van der Waals surface area contributed by atoms with E-state index in [-0.39, 0.29) is 0 Å². The van der Waals surface area contributed by atoms with Gasteiger partial charge in [0.25, 0.3) is 0 Å². The summed E-state index contributed by atoms with van der Waals surface area (Å²) in [5, 5.41) is 2.31. The molecule has 0 aliphatic heterocycles. The Balaban J connectivity index is 2.24. The Morgan fingerprint density at radius 2 is 1.65 bits per heavy atom. The molecule has 0 atom stereocenters. The van der Waals surface area contributed by atoms with E-state index in [2.05, 4.69) is 39.0 Å². The molecule has 0 amide bonds. The third-order valence-electron chi connectivity index (χ3n) is 3.14. The monoisotopic (exact) mass is 228 g/mol. The summed E-state index contributed by atoms with van der Waals surface area (Å²) in [5.74, 6) is 2.47. The van der Waals surface area contributed by atoms with Gasteiger partial charge >= 0.3 is 0 Å². The summed E-state index contributed by atoms with van der Waals surface area (Å²) in [7, 11) is 0. The number of hydrogen-bond acceptors (Lipinski definition) is 2. The maximum absolute atomic E-state index is 5.82. The van der Waals surface area contributed by atoms with E-state index in [1.165, 1.54) is 0 Å². The lowest BCUT2D eigenvalue weighted by atomic mass is 10.1. The van der Waals surface area contributed by atoms with Gasteiger partial charge < -0.3 is 8.83 Å².